The summed E-state index contributed by atoms with van der Waals surface area (Å²) in [5.41, 5.74) is 3.20. The molecule has 7 nitrogen and oxygen atoms in total. The van der Waals surface area contributed by atoms with Gasteiger partial charge in [0, 0.05) is 44.6 Å². The maximum Gasteiger partial charge on any atom is 0.191 e. The Bertz CT molecular complexity index is 794. The predicted octanol–water partition coefficient (Wildman–Crippen LogP) is 2.81. The van der Waals surface area contributed by atoms with Crippen LogP contribution in [0.15, 0.2) is 29.4 Å². The fourth-order valence-corrected chi connectivity index (χ4v) is 3.89. The Kier molecular flexibility index (Phi) is 7.63. The lowest BCUT2D eigenvalue weighted by molar-refractivity contribution is 0.159. The lowest BCUT2D eigenvalue weighted by atomic mass is 10.0. The lowest BCUT2D eigenvalue weighted by Crippen LogP contribution is -2.41. The number of likely N-dealkylation sites (tertiary alicyclic amines) is 1. The van der Waals surface area contributed by atoms with Crippen molar-refractivity contribution in [1.29, 1.82) is 0 Å². The highest BCUT2D eigenvalue weighted by Gasteiger charge is 2.17. The summed E-state index contributed by atoms with van der Waals surface area (Å²) in [5, 5.41) is 11.3. The topological polar surface area (TPSA) is 70.4 Å². The van der Waals surface area contributed by atoms with Gasteiger partial charge in [-0.15, -0.1) is 0 Å². The number of hydrogen-bond acceptors (Lipinski definition) is 4. The van der Waals surface area contributed by atoms with Crippen LogP contribution in [0.3, 0.4) is 0 Å². The number of aliphatic imine (C=N–C) groups is 1. The SMILES string of the molecule is CN=C(NCCCN1CCCCC1C)NCc1ccc(-n2nc(C)cc2C)nc1. The van der Waals surface area contributed by atoms with Gasteiger partial charge < -0.3 is 15.5 Å². The third kappa shape index (κ3) is 6.03. The summed E-state index contributed by atoms with van der Waals surface area (Å²) >= 11 is 0. The first-order valence-corrected chi connectivity index (χ1v) is 10.7. The van der Waals surface area contributed by atoms with E-state index < -0.39 is 0 Å². The lowest BCUT2D eigenvalue weighted by Gasteiger charge is -2.33. The molecule has 29 heavy (non-hydrogen) atoms. The molecule has 1 saturated heterocycles. The fraction of sp³-hybridized carbons (Fsp3) is 0.591. The number of nitrogens with one attached hydrogen (secondary N) is 2. The molecule has 0 bridgehead atoms. The zero-order valence-corrected chi connectivity index (χ0v) is 18.3. The van der Waals surface area contributed by atoms with Crippen LogP contribution in [-0.4, -0.2) is 58.3 Å². The van der Waals surface area contributed by atoms with Gasteiger partial charge in [-0.25, -0.2) is 9.67 Å². The van der Waals surface area contributed by atoms with Gasteiger partial charge in [-0.2, -0.15) is 5.10 Å². The largest absolute Gasteiger partial charge is 0.356 e. The van der Waals surface area contributed by atoms with Crippen molar-refractivity contribution >= 4 is 5.96 Å². The first-order chi connectivity index (χ1) is 14.1. The van der Waals surface area contributed by atoms with Crippen molar-refractivity contribution in [2.24, 2.45) is 4.99 Å². The first kappa shape index (κ1) is 21.3. The molecule has 1 fully saturated rings. The van der Waals surface area contributed by atoms with Crippen molar-refractivity contribution in [3.8, 4) is 5.82 Å². The van der Waals surface area contributed by atoms with E-state index in [1.807, 2.05) is 37.8 Å². The van der Waals surface area contributed by atoms with E-state index in [0.717, 1.165) is 54.3 Å². The number of rotatable bonds is 7. The van der Waals surface area contributed by atoms with E-state index in [1.165, 1.54) is 25.8 Å². The Morgan fingerprint density at radius 1 is 1.24 bits per heavy atom. The quantitative estimate of drug-likeness (QED) is 0.427. The van der Waals surface area contributed by atoms with Crippen LogP contribution in [0.4, 0.5) is 0 Å². The molecular formula is C22H35N7. The first-order valence-electron chi connectivity index (χ1n) is 10.7. The van der Waals surface area contributed by atoms with E-state index in [1.54, 1.807) is 0 Å². The number of hydrogen-bond donors (Lipinski definition) is 2. The molecule has 0 spiro atoms. The van der Waals surface area contributed by atoms with Crippen LogP contribution in [0, 0.1) is 13.8 Å². The van der Waals surface area contributed by atoms with Gasteiger partial charge in [0.2, 0.25) is 0 Å². The minimum absolute atomic E-state index is 0.688. The van der Waals surface area contributed by atoms with E-state index in [9.17, 15) is 0 Å². The molecule has 1 aliphatic heterocycles. The normalized spacial score (nSPS) is 18.1. The monoisotopic (exact) mass is 397 g/mol. The van der Waals surface area contributed by atoms with Crippen molar-refractivity contribution in [2.45, 2.75) is 59.0 Å². The van der Waals surface area contributed by atoms with Crippen LogP contribution in [0.25, 0.3) is 5.82 Å². The fourth-order valence-electron chi connectivity index (χ4n) is 3.89. The molecule has 158 valence electrons. The minimum Gasteiger partial charge on any atom is -0.356 e. The highest BCUT2D eigenvalue weighted by Crippen LogP contribution is 2.16. The van der Waals surface area contributed by atoms with E-state index in [4.69, 9.17) is 0 Å². The average molecular weight is 398 g/mol. The molecule has 1 aliphatic rings. The molecule has 0 radical (unpaired) electrons. The van der Waals surface area contributed by atoms with Crippen LogP contribution in [0.2, 0.25) is 0 Å². The van der Waals surface area contributed by atoms with Crippen molar-refractivity contribution < 1.29 is 0 Å². The van der Waals surface area contributed by atoms with Gasteiger partial charge in [-0.1, -0.05) is 12.5 Å². The van der Waals surface area contributed by atoms with Crippen LogP contribution in [0.1, 0.15) is 49.6 Å². The van der Waals surface area contributed by atoms with Crippen molar-refractivity contribution in [2.75, 3.05) is 26.7 Å². The average Bonchev–Trinajstić information content (AvgIpc) is 3.07. The Labute approximate surface area is 174 Å². The molecule has 3 heterocycles. The molecule has 0 aliphatic carbocycles. The van der Waals surface area contributed by atoms with Gasteiger partial charge in [-0.05, 0) is 64.3 Å². The van der Waals surface area contributed by atoms with Crippen molar-refractivity contribution in [1.82, 2.24) is 30.3 Å². The molecule has 2 aromatic rings. The third-order valence-electron chi connectivity index (χ3n) is 5.57. The van der Waals surface area contributed by atoms with Gasteiger partial charge in [0.25, 0.3) is 0 Å². The summed E-state index contributed by atoms with van der Waals surface area (Å²) in [4.78, 5) is 11.5. The standard InChI is InChI=1S/C22H35N7/c1-17-14-19(3)29(27-17)21-10-9-20(15-25-21)16-26-22(23-4)24-11-7-13-28-12-6-5-8-18(28)2/h9-10,14-15,18H,5-8,11-13,16H2,1-4H3,(H2,23,24,26). The highest BCUT2D eigenvalue weighted by atomic mass is 15.3. The molecule has 0 aromatic carbocycles. The number of piperidine rings is 1. The van der Waals surface area contributed by atoms with Gasteiger partial charge in [0.05, 0.1) is 5.69 Å². The predicted molar refractivity (Wildman–Crippen MR) is 119 cm³/mol. The van der Waals surface area contributed by atoms with Gasteiger partial charge in [-0.3, -0.25) is 4.99 Å². The van der Waals surface area contributed by atoms with Crippen LogP contribution >= 0.6 is 0 Å². The smallest absolute Gasteiger partial charge is 0.191 e. The Morgan fingerprint density at radius 2 is 2.10 bits per heavy atom. The number of nitrogens with zero attached hydrogens (tertiary/aromatic N) is 5. The zero-order chi connectivity index (χ0) is 20.6. The number of aromatic nitrogens is 3. The summed E-state index contributed by atoms with van der Waals surface area (Å²) in [7, 11) is 1.81. The number of guanidine groups is 1. The van der Waals surface area contributed by atoms with Crippen LogP contribution < -0.4 is 10.6 Å². The van der Waals surface area contributed by atoms with E-state index in [-0.39, 0.29) is 0 Å². The molecule has 0 saturated carbocycles. The second-order valence-corrected chi connectivity index (χ2v) is 7.95. The highest BCUT2D eigenvalue weighted by molar-refractivity contribution is 5.79. The van der Waals surface area contributed by atoms with E-state index >= 15 is 0 Å². The Morgan fingerprint density at radius 3 is 2.76 bits per heavy atom. The Hall–Kier alpha value is -2.41. The van der Waals surface area contributed by atoms with Crippen LogP contribution in [-0.2, 0) is 6.54 Å². The summed E-state index contributed by atoms with van der Waals surface area (Å²) in [5.74, 6) is 1.67. The van der Waals surface area contributed by atoms with Gasteiger partial charge >= 0.3 is 0 Å². The molecule has 1 atom stereocenters. The zero-order valence-electron chi connectivity index (χ0n) is 18.3. The number of aryl methyl sites for hydroxylation is 2. The van der Waals surface area contributed by atoms with E-state index in [0.29, 0.717) is 6.54 Å². The third-order valence-corrected chi connectivity index (χ3v) is 5.57. The van der Waals surface area contributed by atoms with Crippen molar-refractivity contribution in [3.05, 3.63) is 41.3 Å². The van der Waals surface area contributed by atoms with Gasteiger partial charge in [0.15, 0.2) is 11.8 Å². The summed E-state index contributed by atoms with van der Waals surface area (Å²) in [6.07, 6.45) is 7.08. The Balaban J connectivity index is 1.41. The molecule has 2 aromatic heterocycles. The molecule has 3 rings (SSSR count). The molecular weight excluding hydrogens is 362 g/mol. The maximum absolute atomic E-state index is 4.56. The molecule has 2 N–H and O–H groups in total. The molecule has 0 amide bonds. The second-order valence-electron chi connectivity index (χ2n) is 7.95. The summed E-state index contributed by atoms with van der Waals surface area (Å²) < 4.78 is 1.87. The summed E-state index contributed by atoms with van der Waals surface area (Å²) in [6, 6.07) is 6.87. The number of pyridine rings is 1. The molecule has 1 unspecified atom stereocenters. The maximum atomic E-state index is 4.56. The van der Waals surface area contributed by atoms with Crippen molar-refractivity contribution in [3.63, 3.8) is 0 Å². The molecule has 7 heteroatoms. The minimum atomic E-state index is 0.688. The van der Waals surface area contributed by atoms with E-state index in [2.05, 4.69) is 49.7 Å². The second kappa shape index (κ2) is 10.4. The van der Waals surface area contributed by atoms with Crippen LogP contribution in [0.5, 0.6) is 0 Å². The van der Waals surface area contributed by atoms with Gasteiger partial charge in [0.1, 0.15) is 0 Å². The summed E-state index contributed by atoms with van der Waals surface area (Å²) in [6.45, 7) is 10.4.